The van der Waals surface area contributed by atoms with Gasteiger partial charge in [0.15, 0.2) is 0 Å². The monoisotopic (exact) mass is 415 g/mol. The number of methoxy groups -OCH3 is 1. The van der Waals surface area contributed by atoms with Crippen LogP contribution in [0.5, 0.6) is 5.75 Å². The molecule has 0 unspecified atom stereocenters. The van der Waals surface area contributed by atoms with Gasteiger partial charge in [0.25, 0.3) is 0 Å². The van der Waals surface area contributed by atoms with Crippen LogP contribution in [0.15, 0.2) is 66.9 Å². The van der Waals surface area contributed by atoms with Crippen molar-refractivity contribution in [2.45, 2.75) is 25.7 Å². The molecule has 3 rings (SSSR count). The quantitative estimate of drug-likeness (QED) is 0.504. The Morgan fingerprint density at radius 3 is 2.47 bits per heavy atom. The SMILES string of the molecule is COc1ccc(CN[C@H](C)c2ccccc2)cc1-c1cccnc1NCC(F)(F)F. The van der Waals surface area contributed by atoms with Crippen molar-refractivity contribution < 1.29 is 17.9 Å². The highest BCUT2D eigenvalue weighted by Gasteiger charge is 2.27. The van der Waals surface area contributed by atoms with Gasteiger partial charge in [-0.25, -0.2) is 4.98 Å². The van der Waals surface area contributed by atoms with Gasteiger partial charge in [-0.15, -0.1) is 0 Å². The van der Waals surface area contributed by atoms with E-state index < -0.39 is 12.7 Å². The summed E-state index contributed by atoms with van der Waals surface area (Å²) >= 11 is 0. The van der Waals surface area contributed by atoms with E-state index in [4.69, 9.17) is 4.74 Å². The van der Waals surface area contributed by atoms with Crippen LogP contribution in [0.4, 0.5) is 19.0 Å². The first kappa shape index (κ1) is 21.6. The van der Waals surface area contributed by atoms with Crippen LogP contribution in [0.25, 0.3) is 11.1 Å². The largest absolute Gasteiger partial charge is 0.496 e. The summed E-state index contributed by atoms with van der Waals surface area (Å²) in [4.78, 5) is 4.09. The van der Waals surface area contributed by atoms with Crippen molar-refractivity contribution in [3.63, 3.8) is 0 Å². The van der Waals surface area contributed by atoms with Crippen LogP contribution in [0.1, 0.15) is 24.1 Å². The number of halogens is 3. The molecule has 0 fully saturated rings. The third kappa shape index (κ3) is 5.73. The minimum absolute atomic E-state index is 0.152. The fraction of sp³-hybridized carbons (Fsp3) is 0.261. The summed E-state index contributed by atoms with van der Waals surface area (Å²) in [5.41, 5.74) is 3.40. The van der Waals surface area contributed by atoms with E-state index in [0.717, 1.165) is 5.56 Å². The average molecular weight is 415 g/mol. The van der Waals surface area contributed by atoms with Crippen molar-refractivity contribution in [3.8, 4) is 16.9 Å². The van der Waals surface area contributed by atoms with E-state index in [1.807, 2.05) is 36.4 Å². The Balaban J connectivity index is 1.83. The Labute approximate surface area is 174 Å². The van der Waals surface area contributed by atoms with Gasteiger partial charge in [-0.1, -0.05) is 36.4 Å². The molecule has 0 aliphatic heterocycles. The molecule has 7 heteroatoms. The second kappa shape index (κ2) is 9.63. The zero-order valence-corrected chi connectivity index (χ0v) is 16.8. The lowest BCUT2D eigenvalue weighted by Crippen LogP contribution is -2.22. The van der Waals surface area contributed by atoms with Crippen molar-refractivity contribution >= 4 is 5.82 Å². The second-order valence-corrected chi connectivity index (χ2v) is 6.92. The molecule has 0 aliphatic rings. The van der Waals surface area contributed by atoms with Gasteiger partial charge in [0.05, 0.1) is 7.11 Å². The Hall–Kier alpha value is -3.06. The summed E-state index contributed by atoms with van der Waals surface area (Å²) in [7, 11) is 1.54. The Kier molecular flexibility index (Phi) is 6.95. The van der Waals surface area contributed by atoms with Gasteiger partial charge in [-0.2, -0.15) is 13.2 Å². The topological polar surface area (TPSA) is 46.2 Å². The van der Waals surface area contributed by atoms with Crippen LogP contribution < -0.4 is 15.4 Å². The normalized spacial score (nSPS) is 12.4. The summed E-state index contributed by atoms with van der Waals surface area (Å²) < 4.78 is 43.5. The van der Waals surface area contributed by atoms with Gasteiger partial charge in [-0.05, 0) is 42.3 Å². The third-order valence-corrected chi connectivity index (χ3v) is 4.73. The summed E-state index contributed by atoms with van der Waals surface area (Å²) in [6, 6.07) is 19.3. The van der Waals surface area contributed by atoms with Gasteiger partial charge >= 0.3 is 6.18 Å². The van der Waals surface area contributed by atoms with Crippen molar-refractivity contribution in [1.29, 1.82) is 0 Å². The molecule has 1 atom stereocenters. The predicted molar refractivity (Wildman–Crippen MR) is 112 cm³/mol. The van der Waals surface area contributed by atoms with Gasteiger partial charge in [0.2, 0.25) is 0 Å². The summed E-state index contributed by atoms with van der Waals surface area (Å²) in [5.74, 6) is 0.730. The van der Waals surface area contributed by atoms with E-state index in [1.165, 1.54) is 18.9 Å². The van der Waals surface area contributed by atoms with Gasteiger partial charge in [0.1, 0.15) is 18.1 Å². The Bertz CT molecular complexity index is 961. The van der Waals surface area contributed by atoms with Gasteiger partial charge in [0, 0.05) is 29.9 Å². The first-order valence-electron chi connectivity index (χ1n) is 9.58. The molecule has 2 N–H and O–H groups in total. The molecule has 0 saturated heterocycles. The molecule has 4 nitrogen and oxygen atoms in total. The molecule has 0 amide bonds. The zero-order valence-electron chi connectivity index (χ0n) is 16.8. The smallest absolute Gasteiger partial charge is 0.405 e. The van der Waals surface area contributed by atoms with Crippen molar-refractivity contribution in [1.82, 2.24) is 10.3 Å². The number of hydrogen-bond donors (Lipinski definition) is 2. The zero-order chi connectivity index (χ0) is 21.6. The number of nitrogens with zero attached hydrogens (tertiary/aromatic N) is 1. The highest BCUT2D eigenvalue weighted by molar-refractivity contribution is 5.80. The van der Waals surface area contributed by atoms with Crippen molar-refractivity contribution in [3.05, 3.63) is 78.0 Å². The van der Waals surface area contributed by atoms with Gasteiger partial charge in [-0.3, -0.25) is 0 Å². The lowest BCUT2D eigenvalue weighted by Gasteiger charge is -2.17. The first-order chi connectivity index (χ1) is 14.4. The predicted octanol–water partition coefficient (Wildman–Crippen LogP) is 5.58. The van der Waals surface area contributed by atoms with E-state index in [1.54, 1.807) is 12.1 Å². The standard InChI is InChI=1S/C23H24F3N3O/c1-16(18-7-4-3-5-8-18)28-14-17-10-11-21(30-2)20(13-17)19-9-6-12-27-22(19)29-15-23(24,25)26/h3-13,16,28H,14-15H2,1-2H3,(H,27,29)/t16-/m1/s1. The van der Waals surface area contributed by atoms with E-state index >= 15 is 0 Å². The number of pyridine rings is 1. The number of aromatic nitrogens is 1. The maximum absolute atomic E-state index is 12.7. The summed E-state index contributed by atoms with van der Waals surface area (Å²) in [6.45, 7) is 1.52. The van der Waals surface area contributed by atoms with Crippen molar-refractivity contribution in [2.24, 2.45) is 0 Å². The average Bonchev–Trinajstić information content (AvgIpc) is 2.76. The molecule has 0 spiro atoms. The highest BCUT2D eigenvalue weighted by atomic mass is 19.4. The van der Waals surface area contributed by atoms with Crippen LogP contribution in [0.2, 0.25) is 0 Å². The second-order valence-electron chi connectivity index (χ2n) is 6.92. The molecule has 30 heavy (non-hydrogen) atoms. The van der Waals surface area contributed by atoms with Gasteiger partial charge < -0.3 is 15.4 Å². The number of hydrogen-bond acceptors (Lipinski definition) is 4. The maximum atomic E-state index is 12.7. The third-order valence-electron chi connectivity index (χ3n) is 4.73. The first-order valence-corrected chi connectivity index (χ1v) is 9.58. The van der Waals surface area contributed by atoms with Crippen LogP contribution >= 0.6 is 0 Å². The molecule has 3 aromatic rings. The molecule has 0 aliphatic carbocycles. The number of alkyl halides is 3. The lowest BCUT2D eigenvalue weighted by atomic mass is 10.0. The van der Waals surface area contributed by atoms with Crippen LogP contribution in [0, 0.1) is 0 Å². The Morgan fingerprint density at radius 1 is 1.00 bits per heavy atom. The number of benzene rings is 2. The molecule has 1 aromatic heterocycles. The maximum Gasteiger partial charge on any atom is 0.405 e. The molecule has 0 saturated carbocycles. The van der Waals surface area contributed by atoms with Crippen LogP contribution in [-0.4, -0.2) is 24.8 Å². The molecule has 0 radical (unpaired) electrons. The van der Waals surface area contributed by atoms with E-state index in [9.17, 15) is 13.2 Å². The fourth-order valence-corrected chi connectivity index (χ4v) is 3.15. The van der Waals surface area contributed by atoms with Crippen LogP contribution in [0.3, 0.4) is 0 Å². The minimum atomic E-state index is -4.34. The molecular weight excluding hydrogens is 391 g/mol. The lowest BCUT2D eigenvalue weighted by molar-refractivity contribution is -0.115. The molecular formula is C23H24F3N3O. The summed E-state index contributed by atoms with van der Waals surface area (Å²) in [5, 5.41) is 5.86. The number of ether oxygens (including phenoxy) is 1. The van der Waals surface area contributed by atoms with E-state index in [0.29, 0.717) is 23.4 Å². The number of rotatable bonds is 8. The number of nitrogens with one attached hydrogen (secondary N) is 2. The van der Waals surface area contributed by atoms with Crippen LogP contribution in [-0.2, 0) is 6.54 Å². The number of anilines is 1. The van der Waals surface area contributed by atoms with E-state index in [2.05, 4.69) is 34.7 Å². The highest BCUT2D eigenvalue weighted by Crippen LogP contribution is 2.35. The molecule has 2 aromatic carbocycles. The molecule has 0 bridgehead atoms. The molecule has 158 valence electrons. The fourth-order valence-electron chi connectivity index (χ4n) is 3.15. The van der Waals surface area contributed by atoms with E-state index in [-0.39, 0.29) is 11.9 Å². The van der Waals surface area contributed by atoms with Crippen molar-refractivity contribution in [2.75, 3.05) is 19.0 Å². The summed E-state index contributed by atoms with van der Waals surface area (Å²) in [6.07, 6.45) is -2.88. The molecule has 1 heterocycles. The Morgan fingerprint density at radius 2 is 1.77 bits per heavy atom. The minimum Gasteiger partial charge on any atom is -0.496 e.